The standard InChI is InChI=1S/C24H23Cl2NO5/c1-30-20-5-3-15(11-21(20)31-2)4-6-22(29)27-9-7-24(8-10-27)14-19(28)17-12-16(25)13-18(26)23(17)32-24/h3-6,11-13H,7-10,14H2,1-2H3/b6-4+. The molecular weight excluding hydrogens is 453 g/mol. The van der Waals surface area contributed by atoms with Crippen LogP contribution in [0.25, 0.3) is 6.08 Å². The molecular formula is C24H23Cl2NO5. The third-order valence-electron chi connectivity index (χ3n) is 5.92. The number of piperidine rings is 1. The number of amides is 1. The molecule has 0 N–H and O–H groups in total. The van der Waals surface area contributed by atoms with Gasteiger partial charge in [-0.2, -0.15) is 0 Å². The van der Waals surface area contributed by atoms with Crippen molar-refractivity contribution in [3.63, 3.8) is 0 Å². The van der Waals surface area contributed by atoms with E-state index in [-0.39, 0.29) is 18.1 Å². The molecule has 0 bridgehead atoms. The molecule has 168 valence electrons. The number of benzene rings is 2. The molecule has 0 aliphatic carbocycles. The highest BCUT2D eigenvalue weighted by Crippen LogP contribution is 2.44. The van der Waals surface area contributed by atoms with E-state index in [1.54, 1.807) is 49.5 Å². The summed E-state index contributed by atoms with van der Waals surface area (Å²) in [6.45, 7) is 0.978. The number of hydrogen-bond acceptors (Lipinski definition) is 5. The second-order valence-electron chi connectivity index (χ2n) is 7.92. The van der Waals surface area contributed by atoms with Gasteiger partial charge < -0.3 is 19.1 Å². The zero-order valence-electron chi connectivity index (χ0n) is 17.8. The van der Waals surface area contributed by atoms with Crippen molar-refractivity contribution in [1.82, 2.24) is 4.90 Å². The van der Waals surface area contributed by atoms with E-state index in [4.69, 9.17) is 37.4 Å². The zero-order valence-corrected chi connectivity index (χ0v) is 19.3. The minimum atomic E-state index is -0.647. The van der Waals surface area contributed by atoms with E-state index in [9.17, 15) is 9.59 Å². The Labute approximate surface area is 196 Å². The van der Waals surface area contributed by atoms with E-state index in [1.165, 1.54) is 0 Å². The molecule has 1 saturated heterocycles. The fraction of sp³-hybridized carbons (Fsp3) is 0.333. The number of carbonyl (C=O) groups is 2. The summed E-state index contributed by atoms with van der Waals surface area (Å²) in [6, 6.07) is 8.62. The number of halogens is 2. The lowest BCUT2D eigenvalue weighted by atomic mass is 9.82. The van der Waals surface area contributed by atoms with Crippen LogP contribution in [-0.4, -0.2) is 49.5 Å². The van der Waals surface area contributed by atoms with Crippen LogP contribution in [0.3, 0.4) is 0 Å². The van der Waals surface area contributed by atoms with E-state index >= 15 is 0 Å². The van der Waals surface area contributed by atoms with Gasteiger partial charge in [0.25, 0.3) is 0 Å². The van der Waals surface area contributed by atoms with E-state index < -0.39 is 5.60 Å². The molecule has 32 heavy (non-hydrogen) atoms. The lowest BCUT2D eigenvalue weighted by Gasteiger charge is -2.44. The predicted molar refractivity (Wildman–Crippen MR) is 123 cm³/mol. The number of ketones is 1. The van der Waals surface area contributed by atoms with Crippen molar-refractivity contribution in [2.75, 3.05) is 27.3 Å². The highest BCUT2D eigenvalue weighted by molar-refractivity contribution is 6.36. The lowest BCUT2D eigenvalue weighted by Crippen LogP contribution is -2.52. The van der Waals surface area contributed by atoms with Crippen LogP contribution >= 0.6 is 23.2 Å². The third-order valence-corrected chi connectivity index (χ3v) is 6.42. The van der Waals surface area contributed by atoms with Gasteiger partial charge in [0.15, 0.2) is 17.3 Å². The minimum Gasteiger partial charge on any atom is -0.493 e. The molecule has 0 atom stereocenters. The van der Waals surface area contributed by atoms with Crippen LogP contribution < -0.4 is 14.2 Å². The summed E-state index contributed by atoms with van der Waals surface area (Å²) in [5.41, 5.74) is 0.603. The number of ether oxygens (including phenoxy) is 3. The van der Waals surface area contributed by atoms with Gasteiger partial charge in [-0.1, -0.05) is 29.3 Å². The molecule has 1 spiro atoms. The topological polar surface area (TPSA) is 65.1 Å². The average molecular weight is 476 g/mol. The van der Waals surface area contributed by atoms with Gasteiger partial charge in [0.1, 0.15) is 11.4 Å². The second-order valence-corrected chi connectivity index (χ2v) is 8.77. The smallest absolute Gasteiger partial charge is 0.246 e. The van der Waals surface area contributed by atoms with Crippen molar-refractivity contribution >= 4 is 41.0 Å². The summed E-state index contributed by atoms with van der Waals surface area (Å²) in [6.07, 6.45) is 4.63. The van der Waals surface area contributed by atoms with Crippen molar-refractivity contribution in [2.45, 2.75) is 24.9 Å². The number of likely N-dealkylation sites (tertiary alicyclic amines) is 1. The summed E-state index contributed by atoms with van der Waals surface area (Å²) in [5.74, 6) is 1.48. The maximum absolute atomic E-state index is 12.7. The Balaban J connectivity index is 1.42. The van der Waals surface area contributed by atoms with Crippen molar-refractivity contribution in [1.29, 1.82) is 0 Å². The van der Waals surface area contributed by atoms with Gasteiger partial charge in [-0.05, 0) is 35.9 Å². The van der Waals surface area contributed by atoms with Gasteiger partial charge in [-0.25, -0.2) is 0 Å². The number of carbonyl (C=O) groups excluding carboxylic acids is 2. The van der Waals surface area contributed by atoms with Crippen LogP contribution in [0.15, 0.2) is 36.4 Å². The highest BCUT2D eigenvalue weighted by atomic mass is 35.5. The summed E-state index contributed by atoms with van der Waals surface area (Å²) >= 11 is 12.3. The molecule has 2 heterocycles. The molecule has 1 amide bonds. The zero-order chi connectivity index (χ0) is 22.9. The summed E-state index contributed by atoms with van der Waals surface area (Å²) in [7, 11) is 3.14. The Hall–Kier alpha value is -2.70. The second kappa shape index (κ2) is 9.04. The van der Waals surface area contributed by atoms with Crippen LogP contribution in [-0.2, 0) is 4.79 Å². The quantitative estimate of drug-likeness (QED) is 0.578. The van der Waals surface area contributed by atoms with E-state index in [0.717, 1.165) is 5.56 Å². The molecule has 0 radical (unpaired) electrons. The first-order chi connectivity index (χ1) is 15.3. The molecule has 8 heteroatoms. The molecule has 2 aliphatic rings. The van der Waals surface area contributed by atoms with Crippen LogP contribution in [0.4, 0.5) is 0 Å². The van der Waals surface area contributed by atoms with Crippen LogP contribution in [0, 0.1) is 0 Å². The van der Waals surface area contributed by atoms with Gasteiger partial charge in [-0.15, -0.1) is 0 Å². The van der Waals surface area contributed by atoms with E-state index in [2.05, 4.69) is 0 Å². The van der Waals surface area contributed by atoms with Gasteiger partial charge in [0.05, 0.1) is 31.2 Å². The molecule has 0 unspecified atom stereocenters. The average Bonchev–Trinajstić information content (AvgIpc) is 2.78. The van der Waals surface area contributed by atoms with Gasteiger partial charge in [0.2, 0.25) is 5.91 Å². The van der Waals surface area contributed by atoms with Crippen molar-refractivity contribution in [2.24, 2.45) is 0 Å². The molecule has 6 nitrogen and oxygen atoms in total. The van der Waals surface area contributed by atoms with Gasteiger partial charge in [0, 0.05) is 37.0 Å². The summed E-state index contributed by atoms with van der Waals surface area (Å²) < 4.78 is 16.8. The molecule has 0 saturated carbocycles. The maximum Gasteiger partial charge on any atom is 0.246 e. The number of rotatable bonds is 4. The van der Waals surface area contributed by atoms with Crippen LogP contribution in [0.1, 0.15) is 35.2 Å². The number of hydrogen-bond donors (Lipinski definition) is 0. The Morgan fingerprint density at radius 1 is 1.09 bits per heavy atom. The number of Topliss-reactive ketones (excluding diaryl/α,β-unsaturated/α-hetero) is 1. The van der Waals surface area contributed by atoms with Gasteiger partial charge in [-0.3, -0.25) is 9.59 Å². The first kappa shape index (κ1) is 22.5. The number of nitrogens with zero attached hydrogens (tertiary/aromatic N) is 1. The summed E-state index contributed by atoms with van der Waals surface area (Å²) in [5, 5.41) is 0.736. The van der Waals surface area contributed by atoms with E-state index in [0.29, 0.717) is 58.8 Å². The van der Waals surface area contributed by atoms with Crippen LogP contribution in [0.5, 0.6) is 17.2 Å². The predicted octanol–water partition coefficient (Wildman–Crippen LogP) is 5.05. The third kappa shape index (κ3) is 4.43. The largest absolute Gasteiger partial charge is 0.493 e. The lowest BCUT2D eigenvalue weighted by molar-refractivity contribution is -0.129. The fourth-order valence-electron chi connectivity index (χ4n) is 4.15. The Morgan fingerprint density at radius 3 is 2.50 bits per heavy atom. The first-order valence-electron chi connectivity index (χ1n) is 10.2. The molecule has 2 aromatic rings. The molecule has 1 fully saturated rings. The van der Waals surface area contributed by atoms with E-state index in [1.807, 2.05) is 12.1 Å². The van der Waals surface area contributed by atoms with Crippen molar-refractivity contribution < 1.29 is 23.8 Å². The normalized spacial score (nSPS) is 17.2. The summed E-state index contributed by atoms with van der Waals surface area (Å²) in [4.78, 5) is 27.2. The van der Waals surface area contributed by atoms with Crippen molar-refractivity contribution in [3.05, 3.63) is 57.6 Å². The fourth-order valence-corrected chi connectivity index (χ4v) is 4.69. The molecule has 2 aliphatic heterocycles. The molecule has 4 rings (SSSR count). The number of methoxy groups -OCH3 is 2. The monoisotopic (exact) mass is 475 g/mol. The SMILES string of the molecule is COc1ccc(/C=C/C(=O)N2CCC3(CC2)CC(=O)c2cc(Cl)cc(Cl)c2O3)cc1OC. The van der Waals surface area contributed by atoms with Crippen LogP contribution in [0.2, 0.25) is 10.0 Å². The van der Waals surface area contributed by atoms with Crippen molar-refractivity contribution in [3.8, 4) is 17.2 Å². The Bertz CT molecular complexity index is 1090. The first-order valence-corrected chi connectivity index (χ1v) is 11.0. The molecule has 0 aromatic heterocycles. The minimum absolute atomic E-state index is 0.0382. The molecule has 2 aromatic carbocycles. The Morgan fingerprint density at radius 2 is 1.81 bits per heavy atom. The highest BCUT2D eigenvalue weighted by Gasteiger charge is 2.44. The van der Waals surface area contributed by atoms with Gasteiger partial charge >= 0.3 is 0 Å². The number of fused-ring (bicyclic) bond motifs is 1. The maximum atomic E-state index is 12.7. The Kier molecular flexibility index (Phi) is 6.35.